The van der Waals surface area contributed by atoms with Crippen molar-refractivity contribution >= 4 is 11.0 Å². The second-order valence-corrected chi connectivity index (χ2v) is 6.07. The van der Waals surface area contributed by atoms with Crippen molar-refractivity contribution in [1.29, 1.82) is 0 Å². The maximum Gasteiger partial charge on any atom is 0.330 e. The fourth-order valence-electron chi connectivity index (χ4n) is 3.03. The molecule has 3 aromatic rings. The van der Waals surface area contributed by atoms with Gasteiger partial charge in [0, 0.05) is 12.6 Å². The molecule has 0 bridgehead atoms. The number of aromatic nitrogens is 4. The van der Waals surface area contributed by atoms with Crippen LogP contribution >= 0.6 is 0 Å². The Bertz CT molecular complexity index is 1090. The van der Waals surface area contributed by atoms with Crippen molar-refractivity contribution in [3.8, 4) is 11.4 Å². The van der Waals surface area contributed by atoms with E-state index in [1.807, 2.05) is 0 Å². The Morgan fingerprint density at radius 3 is 2.88 bits per heavy atom. The van der Waals surface area contributed by atoms with Crippen molar-refractivity contribution in [3.05, 3.63) is 51.1 Å². The zero-order chi connectivity index (χ0) is 18.4. The number of ether oxygens (including phenoxy) is 1. The Kier molecular flexibility index (Phi) is 3.94. The number of hydrogen-bond acceptors (Lipinski definition) is 6. The van der Waals surface area contributed by atoms with Crippen molar-refractivity contribution in [1.82, 2.24) is 19.5 Å². The summed E-state index contributed by atoms with van der Waals surface area (Å²) in [7, 11) is 0. The molecule has 10 heteroatoms. The molecule has 1 aliphatic rings. The number of H-pyrrole nitrogens is 2. The number of aromatic amines is 2. The van der Waals surface area contributed by atoms with Gasteiger partial charge in [-0.25, -0.2) is 14.2 Å². The monoisotopic (exact) mass is 362 g/mol. The zero-order valence-electron chi connectivity index (χ0n) is 13.3. The lowest BCUT2D eigenvalue weighted by atomic mass is 10.2. The Labute approximate surface area is 144 Å². The first-order valence-electron chi connectivity index (χ1n) is 7.92. The van der Waals surface area contributed by atoms with Gasteiger partial charge >= 0.3 is 5.69 Å². The minimum Gasteiger partial charge on any atom is -0.394 e. The molecule has 0 spiro atoms. The van der Waals surface area contributed by atoms with E-state index >= 15 is 0 Å². The molecule has 2 aromatic heterocycles. The van der Waals surface area contributed by atoms with Gasteiger partial charge in [0.1, 0.15) is 24.0 Å². The average molecular weight is 362 g/mol. The summed E-state index contributed by atoms with van der Waals surface area (Å²) in [6.07, 6.45) is -1.22. The lowest BCUT2D eigenvalue weighted by Crippen LogP contribution is -2.33. The van der Waals surface area contributed by atoms with Crippen molar-refractivity contribution in [2.75, 3.05) is 6.61 Å². The molecule has 0 unspecified atom stereocenters. The molecule has 1 fully saturated rings. The normalized spacial score (nSPS) is 23.0. The van der Waals surface area contributed by atoms with Gasteiger partial charge < -0.3 is 19.9 Å². The summed E-state index contributed by atoms with van der Waals surface area (Å²) in [5.41, 5.74) is -0.442. The van der Waals surface area contributed by atoms with Crippen LogP contribution in [0.25, 0.3) is 22.4 Å². The van der Waals surface area contributed by atoms with Crippen LogP contribution in [0, 0.1) is 5.82 Å². The average Bonchev–Trinajstić information content (AvgIpc) is 3.17. The highest BCUT2D eigenvalue weighted by atomic mass is 19.1. The third kappa shape index (κ3) is 2.73. The number of nitrogens with zero attached hydrogens (tertiary/aromatic N) is 2. The van der Waals surface area contributed by atoms with E-state index in [9.17, 15) is 24.2 Å². The van der Waals surface area contributed by atoms with Crippen LogP contribution in [0.2, 0.25) is 0 Å². The fourth-order valence-corrected chi connectivity index (χ4v) is 3.03. The summed E-state index contributed by atoms with van der Waals surface area (Å²) in [5, 5.41) is 19.0. The maximum atomic E-state index is 13.3. The molecule has 0 amide bonds. The van der Waals surface area contributed by atoms with Gasteiger partial charge in [-0.2, -0.15) is 0 Å². The predicted molar refractivity (Wildman–Crippen MR) is 88.0 cm³/mol. The molecule has 1 aromatic carbocycles. The third-order valence-corrected chi connectivity index (χ3v) is 4.36. The number of rotatable bonds is 3. The van der Waals surface area contributed by atoms with Gasteiger partial charge in [0.15, 0.2) is 0 Å². The minimum absolute atomic E-state index is 0.0618. The number of hydrogen-bond donors (Lipinski definition) is 4. The lowest BCUT2D eigenvalue weighted by Gasteiger charge is -2.14. The fraction of sp³-hybridized carbons (Fsp3) is 0.312. The lowest BCUT2D eigenvalue weighted by molar-refractivity contribution is -0.0458. The summed E-state index contributed by atoms with van der Waals surface area (Å²) < 4.78 is 19.9. The molecule has 1 aliphatic heterocycles. The van der Waals surface area contributed by atoms with Crippen LogP contribution in [0.15, 0.2) is 34.0 Å². The first-order valence-corrected chi connectivity index (χ1v) is 7.92. The number of aliphatic hydroxyl groups excluding tert-OH is 2. The van der Waals surface area contributed by atoms with Crippen molar-refractivity contribution < 1.29 is 19.3 Å². The Morgan fingerprint density at radius 2 is 2.15 bits per heavy atom. The number of halogens is 1. The number of benzene rings is 1. The topological polar surface area (TPSA) is 133 Å². The van der Waals surface area contributed by atoms with Crippen LogP contribution in [0.5, 0.6) is 0 Å². The molecular formula is C16H15FN4O5. The SMILES string of the molecule is O=c1[nH]c(=O)n([C@H]2C[C@H](O)[C@@H](CO)O2)cc1-c1nc2ccc(F)cc2[nH]1. The van der Waals surface area contributed by atoms with E-state index in [1.165, 1.54) is 24.4 Å². The second-order valence-electron chi connectivity index (χ2n) is 6.07. The van der Waals surface area contributed by atoms with E-state index in [0.717, 1.165) is 4.57 Å². The number of fused-ring (bicyclic) bond motifs is 1. The molecule has 3 heterocycles. The second kappa shape index (κ2) is 6.16. The van der Waals surface area contributed by atoms with Crippen LogP contribution in [0.4, 0.5) is 4.39 Å². The van der Waals surface area contributed by atoms with Gasteiger partial charge in [-0.1, -0.05) is 0 Å². The van der Waals surface area contributed by atoms with Crippen molar-refractivity contribution in [2.45, 2.75) is 24.9 Å². The number of imidazole rings is 1. The highest BCUT2D eigenvalue weighted by Crippen LogP contribution is 2.28. The predicted octanol–water partition coefficient (Wildman–Crippen LogP) is -0.140. The summed E-state index contributed by atoms with van der Waals surface area (Å²) in [5.74, 6) is -0.284. The summed E-state index contributed by atoms with van der Waals surface area (Å²) in [4.78, 5) is 33.6. The van der Waals surface area contributed by atoms with Gasteiger partial charge in [0.05, 0.1) is 29.3 Å². The highest BCUT2D eigenvalue weighted by Gasteiger charge is 2.35. The first-order chi connectivity index (χ1) is 12.5. The maximum absolute atomic E-state index is 13.3. The van der Waals surface area contributed by atoms with E-state index in [-0.39, 0.29) is 17.8 Å². The molecule has 0 aliphatic carbocycles. The molecule has 1 saturated heterocycles. The van der Waals surface area contributed by atoms with Gasteiger partial charge in [-0.3, -0.25) is 14.3 Å². The minimum atomic E-state index is -0.929. The van der Waals surface area contributed by atoms with E-state index in [2.05, 4.69) is 15.0 Å². The van der Waals surface area contributed by atoms with Crippen molar-refractivity contribution in [3.63, 3.8) is 0 Å². The molecule has 3 atom stereocenters. The first kappa shape index (κ1) is 16.6. The smallest absolute Gasteiger partial charge is 0.330 e. The molecule has 4 rings (SSSR count). The summed E-state index contributed by atoms with van der Waals surface area (Å²) in [6.45, 7) is -0.391. The highest BCUT2D eigenvalue weighted by molar-refractivity contribution is 5.79. The quantitative estimate of drug-likeness (QED) is 0.513. The standard InChI is InChI=1S/C16H15FN4O5/c17-7-1-2-9-10(3-7)19-14(18-9)8-5-21(16(25)20-15(8)24)13-4-11(23)12(6-22)26-13/h1-3,5,11-13,22-23H,4,6H2,(H,18,19)(H,20,24,25)/t11-,12+,13+/m0/s1. The Morgan fingerprint density at radius 1 is 1.35 bits per heavy atom. The van der Waals surface area contributed by atoms with Crippen LogP contribution in [0.1, 0.15) is 12.6 Å². The number of aliphatic hydroxyl groups is 2. The molecule has 0 radical (unpaired) electrons. The van der Waals surface area contributed by atoms with Crippen molar-refractivity contribution in [2.24, 2.45) is 0 Å². The Balaban J connectivity index is 1.79. The largest absolute Gasteiger partial charge is 0.394 e. The van der Waals surface area contributed by atoms with Gasteiger partial charge in [0.25, 0.3) is 5.56 Å². The molecular weight excluding hydrogens is 347 g/mol. The number of nitrogens with one attached hydrogen (secondary N) is 2. The summed E-state index contributed by atoms with van der Waals surface area (Å²) in [6, 6.07) is 3.97. The molecule has 9 nitrogen and oxygen atoms in total. The van der Waals surface area contributed by atoms with Gasteiger partial charge in [0.2, 0.25) is 0 Å². The molecule has 0 saturated carbocycles. The van der Waals surface area contributed by atoms with Crippen LogP contribution in [0.3, 0.4) is 0 Å². The van der Waals surface area contributed by atoms with Crippen LogP contribution < -0.4 is 11.2 Å². The van der Waals surface area contributed by atoms with Crippen LogP contribution in [-0.2, 0) is 4.74 Å². The Hall–Kier alpha value is -2.82. The van der Waals surface area contributed by atoms with Crippen LogP contribution in [-0.4, -0.2) is 48.5 Å². The molecule has 26 heavy (non-hydrogen) atoms. The van der Waals surface area contributed by atoms with E-state index in [4.69, 9.17) is 4.74 Å². The van der Waals surface area contributed by atoms with Gasteiger partial charge in [-0.15, -0.1) is 0 Å². The molecule has 4 N–H and O–H groups in total. The summed E-state index contributed by atoms with van der Waals surface area (Å²) >= 11 is 0. The van der Waals surface area contributed by atoms with E-state index < -0.39 is 42.1 Å². The molecule has 136 valence electrons. The third-order valence-electron chi connectivity index (χ3n) is 4.36. The van der Waals surface area contributed by atoms with E-state index in [1.54, 1.807) is 0 Å². The van der Waals surface area contributed by atoms with E-state index in [0.29, 0.717) is 11.0 Å². The zero-order valence-corrected chi connectivity index (χ0v) is 13.3. The van der Waals surface area contributed by atoms with Gasteiger partial charge in [-0.05, 0) is 18.2 Å².